The maximum Gasteiger partial charge on any atom is 0.0683 e. The fourth-order valence-corrected chi connectivity index (χ4v) is 3.09. The van der Waals surface area contributed by atoms with Crippen LogP contribution in [0.5, 0.6) is 0 Å². The topological polar surface area (TPSA) is 59.7 Å². The standard InChI is InChI=1S/C14H12IN5/c15-20-7-13-11(3-4-16-13)14(8-20)18-10-1-2-12-9(5-10)6-17-19-12/h1-6,8,16,18H,7H2,(H,17,19). The summed E-state index contributed by atoms with van der Waals surface area (Å²) >= 11 is 2.30. The molecule has 0 amide bonds. The number of hydrogen-bond acceptors (Lipinski definition) is 3. The Labute approximate surface area is 129 Å². The van der Waals surface area contributed by atoms with Crippen LogP contribution in [0.15, 0.2) is 42.9 Å². The Hall–Kier alpha value is -1.96. The number of fused-ring (bicyclic) bond motifs is 2. The monoisotopic (exact) mass is 377 g/mol. The van der Waals surface area contributed by atoms with Gasteiger partial charge in [0, 0.05) is 34.7 Å². The minimum atomic E-state index is 0.898. The van der Waals surface area contributed by atoms with Crippen molar-refractivity contribution >= 4 is 45.2 Å². The summed E-state index contributed by atoms with van der Waals surface area (Å²) in [6, 6.07) is 8.29. The number of aromatic amines is 2. The van der Waals surface area contributed by atoms with Crippen molar-refractivity contribution in [3.8, 4) is 0 Å². The molecule has 5 nitrogen and oxygen atoms in total. The summed E-state index contributed by atoms with van der Waals surface area (Å²) in [6.07, 6.45) is 5.94. The van der Waals surface area contributed by atoms with Crippen LogP contribution in [0.25, 0.3) is 16.6 Å². The van der Waals surface area contributed by atoms with Crippen LogP contribution in [0.1, 0.15) is 11.3 Å². The lowest BCUT2D eigenvalue weighted by atomic mass is 10.1. The van der Waals surface area contributed by atoms with E-state index >= 15 is 0 Å². The molecule has 1 aromatic carbocycles. The Morgan fingerprint density at radius 2 is 2.25 bits per heavy atom. The van der Waals surface area contributed by atoms with E-state index in [9.17, 15) is 0 Å². The molecular formula is C14H12IN5. The van der Waals surface area contributed by atoms with Gasteiger partial charge in [-0.1, -0.05) is 0 Å². The Morgan fingerprint density at radius 3 is 3.20 bits per heavy atom. The first-order valence-electron chi connectivity index (χ1n) is 6.30. The highest BCUT2D eigenvalue weighted by molar-refractivity contribution is 14.1. The van der Waals surface area contributed by atoms with Gasteiger partial charge in [0.05, 0.1) is 46.8 Å². The summed E-state index contributed by atoms with van der Waals surface area (Å²) in [6.45, 7) is 0.898. The highest BCUT2D eigenvalue weighted by Crippen LogP contribution is 2.29. The highest BCUT2D eigenvalue weighted by atomic mass is 127. The predicted molar refractivity (Wildman–Crippen MR) is 88.0 cm³/mol. The third-order valence-corrected chi connectivity index (χ3v) is 4.04. The second kappa shape index (κ2) is 4.55. The van der Waals surface area contributed by atoms with Gasteiger partial charge in [0.15, 0.2) is 0 Å². The van der Waals surface area contributed by atoms with Crippen molar-refractivity contribution in [2.45, 2.75) is 6.54 Å². The maximum absolute atomic E-state index is 4.05. The number of rotatable bonds is 2. The van der Waals surface area contributed by atoms with Crippen LogP contribution in [0.3, 0.4) is 0 Å². The fraction of sp³-hybridized carbons (Fsp3) is 0.0714. The number of aromatic nitrogens is 3. The predicted octanol–water partition coefficient (Wildman–Crippen LogP) is 3.47. The molecule has 4 rings (SSSR count). The van der Waals surface area contributed by atoms with Crippen molar-refractivity contribution in [2.24, 2.45) is 0 Å². The van der Waals surface area contributed by atoms with E-state index in [2.05, 4.69) is 70.9 Å². The molecule has 6 heteroatoms. The van der Waals surface area contributed by atoms with E-state index in [0.29, 0.717) is 0 Å². The number of nitrogens with zero attached hydrogens (tertiary/aromatic N) is 2. The Balaban J connectivity index is 1.71. The molecule has 1 aliphatic rings. The fourth-order valence-electron chi connectivity index (χ4n) is 2.47. The van der Waals surface area contributed by atoms with Gasteiger partial charge in [0.25, 0.3) is 0 Å². The summed E-state index contributed by atoms with van der Waals surface area (Å²) in [7, 11) is 0. The molecule has 0 aliphatic carbocycles. The van der Waals surface area contributed by atoms with E-state index in [-0.39, 0.29) is 0 Å². The zero-order valence-electron chi connectivity index (χ0n) is 10.5. The smallest absolute Gasteiger partial charge is 0.0683 e. The zero-order chi connectivity index (χ0) is 13.5. The summed E-state index contributed by atoms with van der Waals surface area (Å²) in [5.74, 6) is 0. The van der Waals surface area contributed by atoms with Crippen LogP contribution < -0.4 is 5.32 Å². The van der Waals surface area contributed by atoms with Crippen molar-refractivity contribution in [1.82, 2.24) is 18.3 Å². The molecule has 100 valence electrons. The molecule has 3 heterocycles. The van der Waals surface area contributed by atoms with Crippen molar-refractivity contribution in [2.75, 3.05) is 5.32 Å². The van der Waals surface area contributed by atoms with Crippen molar-refractivity contribution in [1.29, 1.82) is 0 Å². The second-order valence-electron chi connectivity index (χ2n) is 4.77. The quantitative estimate of drug-likeness (QED) is 0.474. The lowest BCUT2D eigenvalue weighted by Crippen LogP contribution is -2.14. The van der Waals surface area contributed by atoms with Crippen LogP contribution in [-0.2, 0) is 6.54 Å². The molecule has 20 heavy (non-hydrogen) atoms. The number of anilines is 1. The molecule has 0 unspecified atom stereocenters. The Morgan fingerprint density at radius 1 is 1.30 bits per heavy atom. The number of nitrogens with one attached hydrogen (secondary N) is 3. The largest absolute Gasteiger partial charge is 0.363 e. The van der Waals surface area contributed by atoms with Crippen molar-refractivity contribution in [3.63, 3.8) is 0 Å². The molecule has 0 atom stereocenters. The normalized spacial score (nSPS) is 14.2. The minimum absolute atomic E-state index is 0.898. The highest BCUT2D eigenvalue weighted by Gasteiger charge is 2.17. The van der Waals surface area contributed by atoms with E-state index in [1.165, 1.54) is 11.3 Å². The van der Waals surface area contributed by atoms with Crippen LogP contribution in [0.2, 0.25) is 0 Å². The Kier molecular flexibility index (Phi) is 2.69. The van der Waals surface area contributed by atoms with E-state index in [0.717, 1.165) is 28.8 Å². The van der Waals surface area contributed by atoms with Gasteiger partial charge in [-0.2, -0.15) is 5.10 Å². The molecule has 0 spiro atoms. The average Bonchev–Trinajstić information content (AvgIpc) is 3.05. The lowest BCUT2D eigenvalue weighted by molar-refractivity contribution is 0.643. The van der Waals surface area contributed by atoms with Crippen molar-refractivity contribution < 1.29 is 0 Å². The SMILES string of the molecule is IN1C=C(Nc2ccc3[nH]ncc3c2)c2cc[nH]c2C1. The summed E-state index contributed by atoms with van der Waals surface area (Å²) < 4.78 is 2.13. The number of benzene rings is 1. The van der Waals surface area contributed by atoms with Gasteiger partial charge in [-0.25, -0.2) is 0 Å². The number of H-pyrrole nitrogens is 2. The van der Waals surface area contributed by atoms with E-state index < -0.39 is 0 Å². The van der Waals surface area contributed by atoms with Gasteiger partial charge in [-0.3, -0.25) is 5.10 Å². The van der Waals surface area contributed by atoms with E-state index in [1.54, 1.807) is 0 Å². The van der Waals surface area contributed by atoms with Crippen LogP contribution >= 0.6 is 22.9 Å². The number of hydrogen-bond donors (Lipinski definition) is 3. The van der Waals surface area contributed by atoms with Gasteiger partial charge >= 0.3 is 0 Å². The van der Waals surface area contributed by atoms with E-state index in [1.807, 2.05) is 18.5 Å². The van der Waals surface area contributed by atoms with Crippen LogP contribution in [0.4, 0.5) is 5.69 Å². The molecule has 0 radical (unpaired) electrons. The molecular weight excluding hydrogens is 365 g/mol. The zero-order valence-corrected chi connectivity index (χ0v) is 12.7. The second-order valence-corrected chi connectivity index (χ2v) is 6.01. The lowest BCUT2D eigenvalue weighted by Gasteiger charge is -2.22. The third-order valence-electron chi connectivity index (χ3n) is 3.42. The van der Waals surface area contributed by atoms with Crippen molar-refractivity contribution in [3.05, 3.63) is 54.1 Å². The molecule has 0 bridgehead atoms. The number of halogens is 1. The molecule has 3 N–H and O–H groups in total. The first kappa shape index (κ1) is 11.8. The minimum Gasteiger partial charge on any atom is -0.363 e. The van der Waals surface area contributed by atoms with Gasteiger partial charge < -0.3 is 13.4 Å². The summed E-state index contributed by atoms with van der Waals surface area (Å²) in [5.41, 5.74) is 5.67. The van der Waals surface area contributed by atoms with Crippen LogP contribution in [0, 0.1) is 0 Å². The molecule has 3 aromatic rings. The molecule has 0 saturated carbocycles. The first-order valence-corrected chi connectivity index (χ1v) is 7.27. The van der Waals surface area contributed by atoms with Gasteiger partial charge in [-0.05, 0) is 24.3 Å². The van der Waals surface area contributed by atoms with Crippen LogP contribution in [-0.4, -0.2) is 18.3 Å². The molecule has 2 aromatic heterocycles. The van der Waals surface area contributed by atoms with Gasteiger partial charge in [0.1, 0.15) is 0 Å². The average molecular weight is 377 g/mol. The molecule has 1 aliphatic heterocycles. The third kappa shape index (κ3) is 1.96. The van der Waals surface area contributed by atoms with Gasteiger partial charge in [0.2, 0.25) is 0 Å². The Bertz CT molecular complexity index is 801. The maximum atomic E-state index is 4.05. The van der Waals surface area contributed by atoms with Gasteiger partial charge in [-0.15, -0.1) is 0 Å². The molecule has 0 fully saturated rings. The first-order chi connectivity index (χ1) is 9.79. The summed E-state index contributed by atoms with van der Waals surface area (Å²) in [4.78, 5) is 3.29. The van der Waals surface area contributed by atoms with E-state index in [4.69, 9.17) is 0 Å². The molecule has 0 saturated heterocycles. The summed E-state index contributed by atoms with van der Waals surface area (Å²) in [5, 5.41) is 11.6.